The zero-order valence-corrected chi connectivity index (χ0v) is 18.0. The normalized spacial score (nSPS) is 11.4. The van der Waals surface area contributed by atoms with Gasteiger partial charge in [0.05, 0.1) is 11.0 Å². The Hall–Kier alpha value is -4.04. The number of hydrogen-bond donors (Lipinski definition) is 1. The van der Waals surface area contributed by atoms with Gasteiger partial charge in [0.15, 0.2) is 0 Å². The number of hydrogen-bond acceptors (Lipinski definition) is 1. The molecule has 0 aliphatic rings. The summed E-state index contributed by atoms with van der Waals surface area (Å²) in [6.07, 6.45) is 1.03. The van der Waals surface area contributed by atoms with E-state index < -0.39 is 0 Å². The van der Waals surface area contributed by atoms with E-state index in [2.05, 4.69) is 126 Å². The van der Waals surface area contributed by atoms with Crippen molar-refractivity contribution in [1.82, 2.24) is 4.57 Å². The molecule has 0 saturated heterocycles. The summed E-state index contributed by atoms with van der Waals surface area (Å²) in [5, 5.41) is 8.71. The summed E-state index contributed by atoms with van der Waals surface area (Å²) >= 11 is 0. The number of aromatic nitrogens is 1. The van der Waals surface area contributed by atoms with Crippen molar-refractivity contribution in [2.75, 3.05) is 5.32 Å². The van der Waals surface area contributed by atoms with Crippen LogP contribution in [0.4, 0.5) is 11.4 Å². The molecular weight excluding hydrogens is 388 g/mol. The maximum Gasteiger partial charge on any atom is 0.0542 e. The summed E-state index contributed by atoms with van der Waals surface area (Å²) in [7, 11) is 0. The van der Waals surface area contributed by atoms with Crippen LogP contribution in [0.2, 0.25) is 0 Å². The van der Waals surface area contributed by atoms with Crippen molar-refractivity contribution in [3.63, 3.8) is 0 Å². The molecule has 0 atom stereocenters. The molecule has 1 aromatic heterocycles. The van der Waals surface area contributed by atoms with Crippen molar-refractivity contribution < 1.29 is 0 Å². The van der Waals surface area contributed by atoms with E-state index in [0.29, 0.717) is 0 Å². The number of fused-ring (bicyclic) bond motifs is 4. The van der Waals surface area contributed by atoms with Crippen LogP contribution < -0.4 is 5.32 Å². The van der Waals surface area contributed by atoms with E-state index in [9.17, 15) is 0 Å². The summed E-state index contributed by atoms with van der Waals surface area (Å²) in [6.45, 7) is 2.21. The van der Waals surface area contributed by atoms with Crippen molar-refractivity contribution in [2.24, 2.45) is 0 Å². The molecule has 6 aromatic rings. The highest BCUT2D eigenvalue weighted by Crippen LogP contribution is 2.35. The first kappa shape index (κ1) is 18.7. The minimum absolute atomic E-state index is 1.03. The largest absolute Gasteiger partial charge is 0.355 e. The first-order chi connectivity index (χ1) is 15.8. The third-order valence-electron chi connectivity index (χ3n) is 6.32. The van der Waals surface area contributed by atoms with Gasteiger partial charge in [0.2, 0.25) is 0 Å². The Bertz CT molecular complexity index is 1570. The van der Waals surface area contributed by atoms with Crippen molar-refractivity contribution in [2.45, 2.75) is 13.3 Å². The molecular formula is C30H24N2. The Labute approximate surface area is 187 Å². The molecule has 0 saturated carbocycles. The second kappa shape index (κ2) is 7.58. The third kappa shape index (κ3) is 3.04. The predicted octanol–water partition coefficient (Wildman–Crippen LogP) is 8.24. The SMILES string of the molecule is CCc1ccc2c(c1)c1cc(Nc3cccc4ccccc34)ccc1n2-c1ccccc1. The molecule has 6 rings (SSSR count). The van der Waals surface area contributed by atoms with E-state index in [-0.39, 0.29) is 0 Å². The van der Waals surface area contributed by atoms with Gasteiger partial charge in [0.1, 0.15) is 0 Å². The monoisotopic (exact) mass is 412 g/mol. The zero-order chi connectivity index (χ0) is 21.5. The number of nitrogens with zero attached hydrogens (tertiary/aromatic N) is 1. The second-order valence-electron chi connectivity index (χ2n) is 8.26. The summed E-state index contributed by atoms with van der Waals surface area (Å²) < 4.78 is 2.37. The van der Waals surface area contributed by atoms with E-state index in [1.807, 2.05) is 0 Å². The van der Waals surface area contributed by atoms with Gasteiger partial charge >= 0.3 is 0 Å². The van der Waals surface area contributed by atoms with E-state index >= 15 is 0 Å². The van der Waals surface area contributed by atoms with Crippen LogP contribution in [-0.2, 0) is 6.42 Å². The fraction of sp³-hybridized carbons (Fsp3) is 0.0667. The lowest BCUT2D eigenvalue weighted by Crippen LogP contribution is -1.94. The van der Waals surface area contributed by atoms with Gasteiger partial charge in [-0.25, -0.2) is 0 Å². The maximum atomic E-state index is 3.67. The fourth-order valence-electron chi connectivity index (χ4n) is 4.71. The number of aryl methyl sites for hydroxylation is 1. The fourth-order valence-corrected chi connectivity index (χ4v) is 4.71. The van der Waals surface area contributed by atoms with E-state index in [1.54, 1.807) is 0 Å². The van der Waals surface area contributed by atoms with E-state index in [1.165, 1.54) is 43.8 Å². The number of nitrogens with one attached hydrogen (secondary N) is 1. The molecule has 0 aliphatic carbocycles. The molecule has 0 amide bonds. The molecule has 0 bridgehead atoms. The van der Waals surface area contributed by atoms with Crippen molar-refractivity contribution >= 4 is 44.0 Å². The van der Waals surface area contributed by atoms with Crippen LogP contribution in [0, 0.1) is 0 Å². The lowest BCUT2D eigenvalue weighted by molar-refractivity contribution is 1.14. The Balaban J connectivity index is 1.56. The van der Waals surface area contributed by atoms with Gasteiger partial charge in [0, 0.05) is 33.2 Å². The van der Waals surface area contributed by atoms with Crippen molar-refractivity contribution in [3.05, 3.63) is 115 Å². The molecule has 0 fully saturated rings. The van der Waals surface area contributed by atoms with E-state index in [0.717, 1.165) is 17.8 Å². The predicted molar refractivity (Wildman–Crippen MR) is 137 cm³/mol. The molecule has 0 spiro atoms. The lowest BCUT2D eigenvalue weighted by Gasteiger charge is -2.11. The molecule has 1 heterocycles. The minimum atomic E-state index is 1.03. The van der Waals surface area contributed by atoms with Gasteiger partial charge in [-0.05, 0) is 65.9 Å². The Morgan fingerprint density at radius 3 is 2.19 bits per heavy atom. The van der Waals surface area contributed by atoms with E-state index in [4.69, 9.17) is 0 Å². The highest BCUT2D eigenvalue weighted by atomic mass is 15.0. The molecule has 0 aliphatic heterocycles. The van der Waals surface area contributed by atoms with Gasteiger partial charge in [-0.1, -0.05) is 67.6 Å². The summed E-state index contributed by atoms with van der Waals surface area (Å²) in [4.78, 5) is 0. The summed E-state index contributed by atoms with van der Waals surface area (Å²) in [6, 6.07) is 39.1. The standard InChI is InChI=1S/C30H24N2/c1-2-21-15-17-29-26(19-21)27-20-23(16-18-30(27)32(29)24-11-4-3-5-12-24)31-28-14-8-10-22-9-6-7-13-25(22)28/h3-20,31H,2H2,1H3. The smallest absolute Gasteiger partial charge is 0.0542 e. The summed E-state index contributed by atoms with van der Waals surface area (Å²) in [5.74, 6) is 0. The second-order valence-corrected chi connectivity index (χ2v) is 8.26. The highest BCUT2D eigenvalue weighted by Gasteiger charge is 2.13. The van der Waals surface area contributed by atoms with Crippen LogP contribution in [-0.4, -0.2) is 4.57 Å². The molecule has 32 heavy (non-hydrogen) atoms. The lowest BCUT2D eigenvalue weighted by atomic mass is 10.1. The van der Waals surface area contributed by atoms with Crippen LogP contribution in [0.3, 0.4) is 0 Å². The van der Waals surface area contributed by atoms with Gasteiger partial charge in [0.25, 0.3) is 0 Å². The molecule has 2 nitrogen and oxygen atoms in total. The molecule has 2 heteroatoms. The molecule has 154 valence electrons. The van der Waals surface area contributed by atoms with Crippen LogP contribution in [0.5, 0.6) is 0 Å². The highest BCUT2D eigenvalue weighted by molar-refractivity contribution is 6.10. The van der Waals surface area contributed by atoms with Crippen LogP contribution >= 0.6 is 0 Å². The topological polar surface area (TPSA) is 17.0 Å². The van der Waals surface area contributed by atoms with Gasteiger partial charge < -0.3 is 9.88 Å². The van der Waals surface area contributed by atoms with Gasteiger partial charge in [-0.15, -0.1) is 0 Å². The Morgan fingerprint density at radius 2 is 1.34 bits per heavy atom. The van der Waals surface area contributed by atoms with Gasteiger partial charge in [-0.3, -0.25) is 0 Å². The Morgan fingerprint density at radius 1 is 0.625 bits per heavy atom. The maximum absolute atomic E-state index is 3.67. The van der Waals surface area contributed by atoms with Crippen LogP contribution in [0.15, 0.2) is 109 Å². The van der Waals surface area contributed by atoms with Crippen LogP contribution in [0.25, 0.3) is 38.3 Å². The van der Waals surface area contributed by atoms with Crippen LogP contribution in [0.1, 0.15) is 12.5 Å². The van der Waals surface area contributed by atoms with Gasteiger partial charge in [-0.2, -0.15) is 0 Å². The molecule has 0 unspecified atom stereocenters. The minimum Gasteiger partial charge on any atom is -0.355 e. The van der Waals surface area contributed by atoms with Crippen molar-refractivity contribution in [3.8, 4) is 5.69 Å². The first-order valence-electron chi connectivity index (χ1n) is 11.2. The number of anilines is 2. The average Bonchev–Trinajstić information content (AvgIpc) is 3.18. The first-order valence-corrected chi connectivity index (χ1v) is 11.2. The zero-order valence-electron chi connectivity index (χ0n) is 18.0. The number of benzene rings is 5. The number of rotatable bonds is 4. The quantitative estimate of drug-likeness (QED) is 0.308. The average molecular weight is 413 g/mol. The number of para-hydroxylation sites is 1. The molecule has 1 N–H and O–H groups in total. The summed E-state index contributed by atoms with van der Waals surface area (Å²) in [5.41, 5.74) is 7.24. The Kier molecular flexibility index (Phi) is 4.43. The molecule has 5 aromatic carbocycles. The van der Waals surface area contributed by atoms with Crippen molar-refractivity contribution in [1.29, 1.82) is 0 Å². The third-order valence-corrected chi connectivity index (χ3v) is 6.32. The molecule has 0 radical (unpaired) electrons.